The van der Waals surface area contributed by atoms with Gasteiger partial charge in [0.1, 0.15) is 0 Å². The second kappa shape index (κ2) is 5.55. The Balaban J connectivity index is 0.000000169. The Hall–Kier alpha value is -0.00104. The molecule has 0 saturated carbocycles. The molecule has 0 unspecified atom stereocenters. The molecule has 3 rings (SSSR count). The quantitative estimate of drug-likeness (QED) is 0.438. The van der Waals surface area contributed by atoms with Crippen LogP contribution in [0.15, 0.2) is 0 Å². The standard InChI is InChI=1S/C4H8O2.C2H2O8Se2/c1-2-6-4-3-5-1;3-11(4)7-1-2(9-11)10-12(5,6)8-1/h1-4H2;1-2H. The minimum absolute atomic E-state index is 0.778. The van der Waals surface area contributed by atoms with E-state index in [1.54, 1.807) is 0 Å². The van der Waals surface area contributed by atoms with Crippen LogP contribution in [0.1, 0.15) is 0 Å². The maximum atomic E-state index is 10.5. The molecule has 10 nitrogen and oxygen atoms in total. The van der Waals surface area contributed by atoms with Gasteiger partial charge >= 0.3 is 69.9 Å². The summed E-state index contributed by atoms with van der Waals surface area (Å²) in [4.78, 5) is 0. The molecule has 0 N–H and O–H groups in total. The summed E-state index contributed by atoms with van der Waals surface area (Å²) in [5.41, 5.74) is 0. The Labute approximate surface area is 106 Å². The normalized spacial score (nSPS) is 36.4. The van der Waals surface area contributed by atoms with Crippen molar-refractivity contribution in [3.05, 3.63) is 0 Å². The fraction of sp³-hybridized carbons (Fsp3) is 1.00. The zero-order valence-electron chi connectivity index (χ0n) is 8.88. The van der Waals surface area contributed by atoms with Gasteiger partial charge in [-0.2, -0.15) is 0 Å². The molecule has 106 valence electrons. The van der Waals surface area contributed by atoms with Gasteiger partial charge in [-0.3, -0.25) is 0 Å². The molecule has 3 aliphatic rings. The molecule has 3 fully saturated rings. The summed E-state index contributed by atoms with van der Waals surface area (Å²) in [5.74, 6) is 0. The number of rotatable bonds is 0. The Kier molecular flexibility index (Phi) is 4.44. The molecule has 0 amide bonds. The molecule has 0 aromatic heterocycles. The summed E-state index contributed by atoms with van der Waals surface area (Å²) in [6.45, 7) is 3.11. The van der Waals surface area contributed by atoms with E-state index in [0.717, 1.165) is 26.4 Å². The first kappa shape index (κ1) is 14.4. The Morgan fingerprint density at radius 1 is 0.611 bits per heavy atom. The molecule has 0 aliphatic carbocycles. The third kappa shape index (κ3) is 4.00. The molecule has 18 heavy (non-hydrogen) atoms. The van der Waals surface area contributed by atoms with Crippen molar-refractivity contribution in [3.8, 4) is 0 Å². The summed E-state index contributed by atoms with van der Waals surface area (Å²) >= 11 is -9.74. The van der Waals surface area contributed by atoms with Crippen molar-refractivity contribution in [2.75, 3.05) is 26.4 Å². The van der Waals surface area contributed by atoms with Gasteiger partial charge in [0.2, 0.25) is 0 Å². The molecule has 0 spiro atoms. The third-order valence-electron chi connectivity index (χ3n) is 1.82. The van der Waals surface area contributed by atoms with Crippen molar-refractivity contribution in [2.45, 2.75) is 12.6 Å². The van der Waals surface area contributed by atoms with Crippen LogP contribution in [0.2, 0.25) is 0 Å². The van der Waals surface area contributed by atoms with Crippen molar-refractivity contribution in [3.63, 3.8) is 0 Å². The first-order chi connectivity index (χ1) is 8.38. The molecular formula is C6H10O10Se2. The minimum atomic E-state index is -4.87. The first-order valence-corrected chi connectivity index (χ1v) is 10.4. The molecule has 0 aromatic rings. The molecule has 3 saturated heterocycles. The predicted molar refractivity (Wildman–Crippen MR) is 47.8 cm³/mol. The van der Waals surface area contributed by atoms with Crippen LogP contribution in [0, 0.1) is 0 Å². The van der Waals surface area contributed by atoms with Crippen LogP contribution < -0.4 is 0 Å². The second-order valence-corrected chi connectivity index (χ2v) is 8.20. The van der Waals surface area contributed by atoms with E-state index in [-0.39, 0.29) is 0 Å². The van der Waals surface area contributed by atoms with Gasteiger partial charge in [-0.15, -0.1) is 0 Å². The van der Waals surface area contributed by atoms with Gasteiger partial charge in [0.05, 0.1) is 26.4 Å². The van der Waals surface area contributed by atoms with E-state index in [2.05, 4.69) is 15.3 Å². The van der Waals surface area contributed by atoms with Crippen molar-refractivity contribution in [1.29, 1.82) is 0 Å². The van der Waals surface area contributed by atoms with Gasteiger partial charge in [-0.1, -0.05) is 0 Å². The molecule has 0 aromatic carbocycles. The molecular weight excluding hydrogens is 390 g/mol. The van der Waals surface area contributed by atoms with E-state index >= 15 is 0 Å². The van der Waals surface area contributed by atoms with Gasteiger partial charge in [-0.25, -0.2) is 0 Å². The SMILES string of the molecule is C1COCCO1.O=[Se]1(=O)OC2O[Se](=O)(=O)OC2O1. The molecule has 3 heterocycles. The van der Waals surface area contributed by atoms with Crippen molar-refractivity contribution < 1.29 is 40.1 Å². The van der Waals surface area contributed by atoms with Crippen molar-refractivity contribution >= 4 is 26.7 Å². The summed E-state index contributed by atoms with van der Waals surface area (Å²) in [6.07, 6.45) is -2.98. The number of hydrogen-bond donors (Lipinski definition) is 0. The summed E-state index contributed by atoms with van der Waals surface area (Å²) in [7, 11) is 0. The van der Waals surface area contributed by atoms with Crippen LogP contribution in [-0.4, -0.2) is 65.7 Å². The van der Waals surface area contributed by atoms with Crippen LogP contribution in [0.4, 0.5) is 0 Å². The van der Waals surface area contributed by atoms with E-state index in [9.17, 15) is 15.3 Å². The third-order valence-corrected chi connectivity index (χ3v) is 5.39. The molecule has 12 heteroatoms. The second-order valence-electron chi connectivity index (χ2n) is 3.16. The summed E-state index contributed by atoms with van der Waals surface area (Å²) in [6, 6.07) is 0. The fourth-order valence-electron chi connectivity index (χ4n) is 1.16. The van der Waals surface area contributed by atoms with E-state index < -0.39 is 39.3 Å². The fourth-order valence-corrected chi connectivity index (χ4v) is 4.90. The average Bonchev–Trinajstić information content (AvgIpc) is 2.68. The van der Waals surface area contributed by atoms with Gasteiger partial charge in [0.15, 0.2) is 0 Å². The van der Waals surface area contributed by atoms with Crippen LogP contribution >= 0.6 is 0 Å². The van der Waals surface area contributed by atoms with E-state index in [4.69, 9.17) is 9.47 Å². The molecule has 0 atom stereocenters. The summed E-state index contributed by atoms with van der Waals surface area (Å²) in [5, 5.41) is 0. The Bertz CT molecular complexity index is 401. The number of hydrogen-bond acceptors (Lipinski definition) is 10. The van der Waals surface area contributed by atoms with Crippen molar-refractivity contribution in [2.24, 2.45) is 0 Å². The molecule has 0 bridgehead atoms. The van der Waals surface area contributed by atoms with Gasteiger partial charge < -0.3 is 9.47 Å². The van der Waals surface area contributed by atoms with E-state index in [0.29, 0.717) is 0 Å². The predicted octanol–water partition coefficient (Wildman–Crippen LogP) is -1.64. The van der Waals surface area contributed by atoms with Crippen LogP contribution in [0.3, 0.4) is 0 Å². The maximum absolute atomic E-state index is 10.5. The molecule has 0 radical (unpaired) electrons. The Morgan fingerprint density at radius 2 is 0.889 bits per heavy atom. The number of fused-ring (bicyclic) bond motifs is 1. The summed E-state index contributed by atoms with van der Waals surface area (Å²) < 4.78 is 68.5. The van der Waals surface area contributed by atoms with Crippen molar-refractivity contribution in [1.82, 2.24) is 0 Å². The van der Waals surface area contributed by atoms with Gasteiger partial charge in [0, 0.05) is 0 Å². The zero-order valence-corrected chi connectivity index (χ0v) is 12.3. The van der Waals surface area contributed by atoms with E-state index in [1.807, 2.05) is 0 Å². The van der Waals surface area contributed by atoms with Gasteiger partial charge in [-0.05, 0) is 0 Å². The van der Waals surface area contributed by atoms with Crippen LogP contribution in [0.25, 0.3) is 0 Å². The van der Waals surface area contributed by atoms with Crippen LogP contribution in [0.5, 0.6) is 0 Å². The van der Waals surface area contributed by atoms with Crippen LogP contribution in [-0.2, 0) is 40.1 Å². The average molecular weight is 400 g/mol. The monoisotopic (exact) mass is 402 g/mol. The van der Waals surface area contributed by atoms with E-state index in [1.165, 1.54) is 0 Å². The molecule has 3 aliphatic heterocycles. The first-order valence-electron chi connectivity index (χ1n) is 4.76. The van der Waals surface area contributed by atoms with Gasteiger partial charge in [0.25, 0.3) is 0 Å². The topological polar surface area (TPSA) is 124 Å². The zero-order chi connectivity index (χ0) is 13.2. The Morgan fingerprint density at radius 3 is 1.11 bits per heavy atom. The number of ether oxygens (including phenoxy) is 2.